The number of hydrogen-bond acceptors (Lipinski definition) is 3. The highest BCUT2D eigenvalue weighted by atomic mass is 19.4. The average molecular weight is 404 g/mol. The molecule has 2 aromatic rings. The molecule has 1 amide bonds. The first-order valence-electron chi connectivity index (χ1n) is 8.03. The molecule has 28 heavy (non-hydrogen) atoms. The van der Waals surface area contributed by atoms with Gasteiger partial charge in [-0.3, -0.25) is 10.1 Å². The van der Waals surface area contributed by atoms with Gasteiger partial charge < -0.3 is 10.4 Å². The number of anilines is 1. The summed E-state index contributed by atoms with van der Waals surface area (Å²) in [6, 6.07) is 9.14. The van der Waals surface area contributed by atoms with Gasteiger partial charge in [0.1, 0.15) is 6.04 Å². The number of halogens is 6. The molecule has 1 aliphatic rings. The number of amides is 1. The van der Waals surface area contributed by atoms with Crippen LogP contribution >= 0.6 is 0 Å². The van der Waals surface area contributed by atoms with Gasteiger partial charge >= 0.3 is 12.4 Å². The van der Waals surface area contributed by atoms with Crippen LogP contribution in [0, 0.1) is 0 Å². The first-order chi connectivity index (χ1) is 12.9. The van der Waals surface area contributed by atoms with Crippen LogP contribution in [0.5, 0.6) is 0 Å². The van der Waals surface area contributed by atoms with E-state index in [9.17, 15) is 36.2 Å². The lowest BCUT2D eigenvalue weighted by molar-refractivity contribution is -0.376. The molecule has 0 spiro atoms. The van der Waals surface area contributed by atoms with Crippen LogP contribution in [-0.2, 0) is 16.9 Å². The summed E-state index contributed by atoms with van der Waals surface area (Å²) in [5, 5.41) is 14.8. The van der Waals surface area contributed by atoms with Gasteiger partial charge in [0, 0.05) is 17.8 Å². The minimum absolute atomic E-state index is 0.00775. The topological polar surface area (TPSA) is 61.4 Å². The van der Waals surface area contributed by atoms with Crippen LogP contribution in [0.25, 0.3) is 0 Å². The summed E-state index contributed by atoms with van der Waals surface area (Å²) in [4.78, 5) is 12.4. The Hall–Kier alpha value is -2.59. The van der Waals surface area contributed by atoms with E-state index >= 15 is 0 Å². The molecular weight excluding hydrogens is 390 g/mol. The Kier molecular flexibility index (Phi) is 4.88. The van der Waals surface area contributed by atoms with Gasteiger partial charge in [-0.05, 0) is 23.3 Å². The third-order valence-corrected chi connectivity index (χ3v) is 4.52. The van der Waals surface area contributed by atoms with E-state index in [-0.39, 0.29) is 5.69 Å². The van der Waals surface area contributed by atoms with Crippen molar-refractivity contribution in [3.8, 4) is 0 Å². The molecule has 10 heteroatoms. The van der Waals surface area contributed by atoms with Gasteiger partial charge in [-0.2, -0.15) is 26.3 Å². The van der Waals surface area contributed by atoms with Gasteiger partial charge in [0.05, 0.1) is 0 Å². The summed E-state index contributed by atoms with van der Waals surface area (Å²) in [6.45, 7) is 0.456. The SMILES string of the molecule is O=C(Nc1ccc(C(O)(C(F)(F)F)C(F)(F)F)cc1)C1NCc2ccccc21. The quantitative estimate of drug-likeness (QED) is 0.683. The Morgan fingerprint density at radius 1 is 0.964 bits per heavy atom. The Morgan fingerprint density at radius 3 is 2.11 bits per heavy atom. The van der Waals surface area contributed by atoms with Gasteiger partial charge in [0.15, 0.2) is 0 Å². The van der Waals surface area contributed by atoms with E-state index in [2.05, 4.69) is 10.6 Å². The molecule has 0 aliphatic carbocycles. The fraction of sp³-hybridized carbons (Fsp3) is 0.278. The molecule has 150 valence electrons. The molecule has 1 atom stereocenters. The van der Waals surface area contributed by atoms with E-state index in [1.807, 2.05) is 12.1 Å². The summed E-state index contributed by atoms with van der Waals surface area (Å²) in [7, 11) is 0. The third kappa shape index (κ3) is 3.33. The highest BCUT2D eigenvalue weighted by Gasteiger charge is 2.71. The van der Waals surface area contributed by atoms with E-state index in [1.54, 1.807) is 12.1 Å². The standard InChI is InChI=1S/C18H14F6N2O2/c19-17(20,21)16(28,18(22,23)24)11-5-7-12(8-6-11)26-15(27)14-13-4-2-1-3-10(13)9-25-14/h1-8,14,25,28H,9H2,(H,26,27). The zero-order valence-electron chi connectivity index (χ0n) is 14.0. The van der Waals surface area contributed by atoms with Crippen molar-refractivity contribution in [1.29, 1.82) is 0 Å². The van der Waals surface area contributed by atoms with Crippen molar-refractivity contribution in [2.24, 2.45) is 0 Å². The Balaban J connectivity index is 1.81. The fourth-order valence-corrected chi connectivity index (χ4v) is 3.03. The molecule has 1 unspecified atom stereocenters. The van der Waals surface area contributed by atoms with Crippen molar-refractivity contribution in [1.82, 2.24) is 5.32 Å². The lowest BCUT2D eigenvalue weighted by atomic mass is 9.92. The lowest BCUT2D eigenvalue weighted by Crippen LogP contribution is -2.53. The minimum atomic E-state index is -5.96. The zero-order valence-corrected chi connectivity index (χ0v) is 14.0. The van der Waals surface area contributed by atoms with Crippen molar-refractivity contribution in [3.05, 3.63) is 65.2 Å². The molecule has 2 aromatic carbocycles. The molecule has 3 rings (SSSR count). The molecule has 0 saturated carbocycles. The van der Waals surface area contributed by atoms with Gasteiger partial charge in [-0.1, -0.05) is 36.4 Å². The maximum Gasteiger partial charge on any atom is 0.430 e. The van der Waals surface area contributed by atoms with Crippen LogP contribution in [0.15, 0.2) is 48.5 Å². The summed E-state index contributed by atoms with van der Waals surface area (Å²) < 4.78 is 77.4. The first kappa shape index (κ1) is 20.2. The van der Waals surface area contributed by atoms with Gasteiger partial charge in [0.25, 0.3) is 5.60 Å². The monoisotopic (exact) mass is 404 g/mol. The van der Waals surface area contributed by atoms with E-state index < -0.39 is 35.5 Å². The Morgan fingerprint density at radius 2 is 1.54 bits per heavy atom. The molecule has 0 radical (unpaired) electrons. The zero-order chi connectivity index (χ0) is 20.7. The second kappa shape index (κ2) is 6.78. The van der Waals surface area contributed by atoms with Crippen LogP contribution in [0.2, 0.25) is 0 Å². The van der Waals surface area contributed by atoms with Gasteiger partial charge in [-0.25, -0.2) is 0 Å². The van der Waals surface area contributed by atoms with Crippen molar-refractivity contribution < 1.29 is 36.2 Å². The normalized spacial score (nSPS) is 17.3. The van der Waals surface area contributed by atoms with Crippen molar-refractivity contribution in [3.63, 3.8) is 0 Å². The number of carbonyl (C=O) groups excluding carboxylic acids is 1. The molecule has 1 aliphatic heterocycles. The highest BCUT2D eigenvalue weighted by Crippen LogP contribution is 2.50. The molecule has 3 N–H and O–H groups in total. The third-order valence-electron chi connectivity index (χ3n) is 4.52. The second-order valence-electron chi connectivity index (χ2n) is 6.29. The summed E-state index contributed by atoms with van der Waals surface area (Å²) in [6.07, 6.45) is -11.9. The van der Waals surface area contributed by atoms with Crippen LogP contribution < -0.4 is 10.6 Å². The summed E-state index contributed by atoms with van der Waals surface area (Å²) >= 11 is 0. The minimum Gasteiger partial charge on any atom is -0.369 e. The summed E-state index contributed by atoms with van der Waals surface area (Å²) in [5.74, 6) is -0.514. The maximum atomic E-state index is 12.9. The molecule has 0 aromatic heterocycles. The fourth-order valence-electron chi connectivity index (χ4n) is 3.03. The van der Waals surface area contributed by atoms with E-state index in [1.165, 1.54) is 0 Å². The van der Waals surface area contributed by atoms with Crippen LogP contribution in [-0.4, -0.2) is 23.4 Å². The number of rotatable bonds is 3. The predicted molar refractivity (Wildman–Crippen MR) is 87.1 cm³/mol. The lowest BCUT2D eigenvalue weighted by Gasteiger charge is -2.32. The number of alkyl halides is 6. The maximum absolute atomic E-state index is 12.9. The smallest absolute Gasteiger partial charge is 0.369 e. The van der Waals surface area contributed by atoms with Crippen LogP contribution in [0.1, 0.15) is 22.7 Å². The Bertz CT molecular complexity index is 863. The van der Waals surface area contributed by atoms with Gasteiger partial charge in [-0.15, -0.1) is 0 Å². The number of aliphatic hydroxyl groups is 1. The van der Waals surface area contributed by atoms with Crippen molar-refractivity contribution in [2.75, 3.05) is 5.32 Å². The average Bonchev–Trinajstić information content (AvgIpc) is 3.04. The number of nitrogens with one attached hydrogen (secondary N) is 2. The molecule has 1 heterocycles. The van der Waals surface area contributed by atoms with Crippen molar-refractivity contribution >= 4 is 11.6 Å². The molecule has 0 saturated heterocycles. The van der Waals surface area contributed by atoms with E-state index in [0.29, 0.717) is 18.7 Å². The number of benzene rings is 2. The number of fused-ring (bicyclic) bond motifs is 1. The molecule has 0 fully saturated rings. The van der Waals surface area contributed by atoms with Crippen LogP contribution in [0.3, 0.4) is 0 Å². The van der Waals surface area contributed by atoms with Crippen molar-refractivity contribution in [2.45, 2.75) is 30.5 Å². The molecule has 0 bridgehead atoms. The first-order valence-corrected chi connectivity index (χ1v) is 8.03. The molecular formula is C18H14F6N2O2. The number of hydrogen-bond donors (Lipinski definition) is 3. The van der Waals surface area contributed by atoms with Gasteiger partial charge in [0.2, 0.25) is 5.91 Å². The molecule has 4 nitrogen and oxygen atoms in total. The van der Waals surface area contributed by atoms with E-state index in [4.69, 9.17) is 0 Å². The van der Waals surface area contributed by atoms with Crippen LogP contribution in [0.4, 0.5) is 32.0 Å². The highest BCUT2D eigenvalue weighted by molar-refractivity contribution is 5.96. The number of carbonyl (C=O) groups is 1. The second-order valence-corrected chi connectivity index (χ2v) is 6.29. The largest absolute Gasteiger partial charge is 0.430 e. The Labute approximate surface area is 155 Å². The summed E-state index contributed by atoms with van der Waals surface area (Å²) in [5.41, 5.74) is -4.76. The predicted octanol–water partition coefficient (Wildman–Crippen LogP) is 3.78. The van der Waals surface area contributed by atoms with E-state index in [0.717, 1.165) is 23.3 Å².